The number of hydrogen-bond donors (Lipinski definition) is 0. The highest BCUT2D eigenvalue weighted by Gasteiger charge is 2.19. The number of aryl methyl sites for hydroxylation is 2. The minimum absolute atomic E-state index is 0.0338. The Bertz CT molecular complexity index is 2090. The molecule has 0 atom stereocenters. The topological polar surface area (TPSA) is 39.3 Å². The molecule has 5 heteroatoms. The summed E-state index contributed by atoms with van der Waals surface area (Å²) in [5.41, 5.74) is 10.4. The van der Waals surface area contributed by atoms with E-state index in [1.165, 1.54) is 16.9 Å². The lowest BCUT2D eigenvalue weighted by Gasteiger charge is -2.15. The molecule has 0 N–H and O–H groups in total. The molecule has 0 unspecified atom stereocenters. The molecular formula is C34H25N3OS. The van der Waals surface area contributed by atoms with Crippen LogP contribution in [0.1, 0.15) is 16.7 Å². The molecule has 0 aliphatic rings. The summed E-state index contributed by atoms with van der Waals surface area (Å²) < 4.78 is 4.72. The van der Waals surface area contributed by atoms with Gasteiger partial charge >= 0.3 is 0 Å². The van der Waals surface area contributed by atoms with Crippen LogP contribution in [0.5, 0.6) is 0 Å². The van der Waals surface area contributed by atoms with E-state index in [1.807, 2.05) is 24.3 Å². The van der Waals surface area contributed by atoms with Crippen LogP contribution >= 0.6 is 11.3 Å². The van der Waals surface area contributed by atoms with E-state index in [1.54, 1.807) is 4.40 Å². The Balaban J connectivity index is 1.55. The highest BCUT2D eigenvalue weighted by molar-refractivity contribution is 7.15. The molecule has 0 amide bonds. The number of imidazole rings is 1. The largest absolute Gasteiger partial charge is 0.309 e. The maximum atomic E-state index is 13.8. The van der Waals surface area contributed by atoms with Crippen molar-refractivity contribution >= 4 is 33.4 Å². The second-order valence-electron chi connectivity index (χ2n) is 9.81. The van der Waals surface area contributed by atoms with Gasteiger partial charge < -0.3 is 4.57 Å². The summed E-state index contributed by atoms with van der Waals surface area (Å²) in [5.74, 6) is 0. The fraction of sp³-hybridized carbons (Fsp3) is 0.0588. The number of rotatable bonds is 4. The lowest BCUT2D eigenvalue weighted by Crippen LogP contribution is -2.22. The molecule has 7 rings (SSSR count). The SMILES string of the molecule is Cc1cc2nc3s/c(=C/c4cc(-c5ccccc5)n(-c5ccccc5)c4-c4ccccc4)c(=O)n3c2cc1C. The van der Waals surface area contributed by atoms with Gasteiger partial charge in [-0.1, -0.05) is 90.2 Å². The molecule has 0 saturated carbocycles. The maximum absolute atomic E-state index is 13.8. The zero-order valence-electron chi connectivity index (χ0n) is 21.6. The smallest absolute Gasteiger partial charge is 0.274 e. The monoisotopic (exact) mass is 523 g/mol. The summed E-state index contributed by atoms with van der Waals surface area (Å²) in [6.07, 6.45) is 2.03. The van der Waals surface area contributed by atoms with Crippen LogP contribution in [0.2, 0.25) is 0 Å². The quantitative estimate of drug-likeness (QED) is 0.245. The van der Waals surface area contributed by atoms with Crippen molar-refractivity contribution in [1.82, 2.24) is 14.0 Å². The van der Waals surface area contributed by atoms with Crippen LogP contribution in [0.25, 0.3) is 50.3 Å². The number of nitrogens with zero attached hydrogens (tertiary/aromatic N) is 3. The second-order valence-corrected chi connectivity index (χ2v) is 10.8. The van der Waals surface area contributed by atoms with Gasteiger partial charge in [0.2, 0.25) is 0 Å². The van der Waals surface area contributed by atoms with Gasteiger partial charge in [-0.2, -0.15) is 0 Å². The van der Waals surface area contributed by atoms with Gasteiger partial charge in [0.05, 0.1) is 27.0 Å². The first kappa shape index (κ1) is 23.4. The van der Waals surface area contributed by atoms with E-state index in [0.29, 0.717) is 4.53 Å². The van der Waals surface area contributed by atoms with E-state index in [-0.39, 0.29) is 5.56 Å². The fourth-order valence-corrected chi connectivity index (χ4v) is 6.24. The molecule has 188 valence electrons. The Hall–Kier alpha value is -4.74. The third-order valence-corrected chi connectivity index (χ3v) is 8.27. The Labute approximate surface area is 229 Å². The van der Waals surface area contributed by atoms with E-state index in [2.05, 4.69) is 109 Å². The molecule has 0 spiro atoms. The lowest BCUT2D eigenvalue weighted by atomic mass is 10.1. The molecule has 0 aliphatic heterocycles. The number of benzene rings is 4. The molecule has 3 aromatic heterocycles. The Kier molecular flexibility index (Phi) is 5.53. The molecule has 0 bridgehead atoms. The second kappa shape index (κ2) is 9.22. The Morgan fingerprint density at radius 3 is 2.05 bits per heavy atom. The number of hydrogen-bond acceptors (Lipinski definition) is 3. The van der Waals surface area contributed by atoms with Crippen molar-refractivity contribution < 1.29 is 0 Å². The normalized spacial score (nSPS) is 12.1. The Morgan fingerprint density at radius 1 is 0.744 bits per heavy atom. The van der Waals surface area contributed by atoms with E-state index < -0.39 is 0 Å². The first-order valence-corrected chi connectivity index (χ1v) is 13.8. The van der Waals surface area contributed by atoms with Crippen molar-refractivity contribution in [2.24, 2.45) is 0 Å². The predicted octanol–water partition coefficient (Wildman–Crippen LogP) is 7.20. The van der Waals surface area contributed by atoms with Gasteiger partial charge in [0.15, 0.2) is 4.96 Å². The summed E-state index contributed by atoms with van der Waals surface area (Å²) in [6.45, 7) is 4.15. The van der Waals surface area contributed by atoms with Gasteiger partial charge in [-0.15, -0.1) is 0 Å². The summed E-state index contributed by atoms with van der Waals surface area (Å²) in [5, 5.41) is 0. The average Bonchev–Trinajstić information content (AvgIpc) is 3.61. The van der Waals surface area contributed by atoms with E-state index >= 15 is 0 Å². The van der Waals surface area contributed by atoms with Gasteiger partial charge in [-0.25, -0.2) is 9.38 Å². The minimum atomic E-state index is -0.0338. The van der Waals surface area contributed by atoms with Crippen LogP contribution in [0.3, 0.4) is 0 Å². The zero-order valence-corrected chi connectivity index (χ0v) is 22.4. The molecule has 3 heterocycles. The van der Waals surface area contributed by atoms with Gasteiger partial charge in [0, 0.05) is 11.3 Å². The molecule has 0 radical (unpaired) electrons. The van der Waals surface area contributed by atoms with E-state index in [0.717, 1.165) is 55.3 Å². The maximum Gasteiger partial charge on any atom is 0.274 e. The number of aromatic nitrogens is 3. The summed E-state index contributed by atoms with van der Waals surface area (Å²) >= 11 is 1.44. The highest BCUT2D eigenvalue weighted by atomic mass is 32.1. The average molecular weight is 524 g/mol. The summed E-state index contributed by atoms with van der Waals surface area (Å²) in [4.78, 5) is 19.3. The number of thiazole rings is 1. The first-order valence-electron chi connectivity index (χ1n) is 12.9. The van der Waals surface area contributed by atoms with Gasteiger partial charge in [-0.3, -0.25) is 4.79 Å². The van der Waals surface area contributed by atoms with Crippen molar-refractivity contribution in [2.45, 2.75) is 13.8 Å². The molecular weight excluding hydrogens is 498 g/mol. The lowest BCUT2D eigenvalue weighted by molar-refractivity contribution is 1.09. The Morgan fingerprint density at radius 2 is 1.36 bits per heavy atom. The molecule has 0 aliphatic carbocycles. The van der Waals surface area contributed by atoms with Crippen LogP contribution in [0, 0.1) is 13.8 Å². The van der Waals surface area contributed by atoms with Crippen molar-refractivity contribution in [3.63, 3.8) is 0 Å². The van der Waals surface area contributed by atoms with Gasteiger partial charge in [-0.05, 0) is 72.5 Å². The third kappa shape index (κ3) is 3.90. The summed E-state index contributed by atoms with van der Waals surface area (Å²) in [7, 11) is 0. The molecule has 4 nitrogen and oxygen atoms in total. The number of fused-ring (bicyclic) bond motifs is 3. The van der Waals surface area contributed by atoms with Crippen LogP contribution in [-0.4, -0.2) is 14.0 Å². The van der Waals surface area contributed by atoms with Crippen LogP contribution in [-0.2, 0) is 0 Å². The van der Waals surface area contributed by atoms with Crippen molar-refractivity contribution in [1.29, 1.82) is 0 Å². The van der Waals surface area contributed by atoms with Crippen molar-refractivity contribution in [3.05, 3.63) is 141 Å². The fourth-order valence-electron chi connectivity index (χ4n) is 5.26. The first-order chi connectivity index (χ1) is 19.1. The standard InChI is InChI=1S/C34H25N3OS/c1-22-18-28-30(19-23(22)2)37-33(38)31(39-34(37)35-28)21-26-20-29(24-12-6-3-7-13-24)36(27-16-10-5-11-17-27)32(26)25-14-8-4-9-15-25/h3-21H,1-2H3/b31-21+. The predicted molar refractivity (Wildman–Crippen MR) is 162 cm³/mol. The van der Waals surface area contributed by atoms with Crippen LogP contribution in [0.15, 0.2) is 114 Å². The number of para-hydroxylation sites is 1. The third-order valence-electron chi connectivity index (χ3n) is 7.30. The van der Waals surface area contributed by atoms with E-state index in [4.69, 9.17) is 4.98 Å². The van der Waals surface area contributed by atoms with Crippen LogP contribution in [0.4, 0.5) is 0 Å². The molecule has 0 fully saturated rings. The zero-order chi connectivity index (χ0) is 26.5. The highest BCUT2D eigenvalue weighted by Crippen LogP contribution is 2.36. The van der Waals surface area contributed by atoms with Crippen molar-refractivity contribution in [2.75, 3.05) is 0 Å². The van der Waals surface area contributed by atoms with Gasteiger partial charge in [0.1, 0.15) is 0 Å². The minimum Gasteiger partial charge on any atom is -0.309 e. The molecule has 0 saturated heterocycles. The summed E-state index contributed by atoms with van der Waals surface area (Å²) in [6, 6.07) is 37.5. The molecule has 39 heavy (non-hydrogen) atoms. The van der Waals surface area contributed by atoms with Crippen LogP contribution < -0.4 is 10.1 Å². The molecule has 7 aromatic rings. The van der Waals surface area contributed by atoms with E-state index in [9.17, 15) is 4.79 Å². The molecule has 4 aromatic carbocycles. The van der Waals surface area contributed by atoms with Crippen molar-refractivity contribution in [3.8, 4) is 28.2 Å². The van der Waals surface area contributed by atoms with Gasteiger partial charge in [0.25, 0.3) is 5.56 Å².